The number of rotatable bonds is 1. The maximum absolute atomic E-state index is 8.93. The highest BCUT2D eigenvalue weighted by atomic mass is 35.5. The third-order valence-corrected chi connectivity index (χ3v) is 3.15. The predicted molar refractivity (Wildman–Crippen MR) is 74.2 cm³/mol. The van der Waals surface area contributed by atoms with Crippen molar-refractivity contribution in [3.8, 4) is 17.3 Å². The van der Waals surface area contributed by atoms with Crippen molar-refractivity contribution < 1.29 is 0 Å². The second-order valence-corrected chi connectivity index (χ2v) is 4.99. The van der Waals surface area contributed by atoms with Gasteiger partial charge in [0.2, 0.25) is 0 Å². The van der Waals surface area contributed by atoms with E-state index < -0.39 is 0 Å². The lowest BCUT2D eigenvalue weighted by molar-refractivity contribution is 1.26. The summed E-state index contributed by atoms with van der Waals surface area (Å²) in [6, 6.07) is 8.94. The van der Waals surface area contributed by atoms with Gasteiger partial charge < -0.3 is 0 Å². The number of aryl methyl sites for hydroxylation is 1. The summed E-state index contributed by atoms with van der Waals surface area (Å²) >= 11 is 17.8. The minimum atomic E-state index is 0.184. The Morgan fingerprint density at radius 3 is 2.17 bits per heavy atom. The van der Waals surface area contributed by atoms with Crippen LogP contribution >= 0.6 is 34.8 Å². The predicted octanol–water partition coefficient (Wildman–Crippen LogP) is 4.89. The highest BCUT2D eigenvalue weighted by Gasteiger charge is 2.10. The van der Waals surface area contributed by atoms with E-state index in [1.165, 1.54) is 0 Å². The van der Waals surface area contributed by atoms with Crippen molar-refractivity contribution in [1.82, 2.24) is 4.98 Å². The molecule has 0 N–H and O–H groups in total. The van der Waals surface area contributed by atoms with E-state index in [0.29, 0.717) is 21.3 Å². The minimum Gasteiger partial charge on any atom is -0.235 e. The van der Waals surface area contributed by atoms with Gasteiger partial charge in [0.05, 0.1) is 11.3 Å². The molecule has 0 bridgehead atoms. The zero-order chi connectivity index (χ0) is 13.3. The van der Waals surface area contributed by atoms with E-state index >= 15 is 0 Å². The quantitative estimate of drug-likeness (QED) is 0.703. The van der Waals surface area contributed by atoms with Gasteiger partial charge in [-0.1, -0.05) is 34.8 Å². The average molecular weight is 298 g/mol. The molecule has 1 heterocycles. The van der Waals surface area contributed by atoms with E-state index in [-0.39, 0.29) is 5.15 Å². The molecule has 18 heavy (non-hydrogen) atoms. The van der Waals surface area contributed by atoms with Gasteiger partial charge >= 0.3 is 0 Å². The molecule has 0 aliphatic carbocycles. The third kappa shape index (κ3) is 2.59. The van der Waals surface area contributed by atoms with Crippen LogP contribution in [0.1, 0.15) is 11.1 Å². The van der Waals surface area contributed by atoms with Crippen LogP contribution in [0.2, 0.25) is 15.2 Å². The van der Waals surface area contributed by atoms with Crippen LogP contribution < -0.4 is 0 Å². The molecule has 0 atom stereocenters. The number of aromatic nitrogens is 1. The van der Waals surface area contributed by atoms with Crippen molar-refractivity contribution in [3.05, 3.63) is 50.6 Å². The van der Waals surface area contributed by atoms with Crippen molar-refractivity contribution >= 4 is 34.8 Å². The first-order valence-corrected chi connectivity index (χ1v) is 6.18. The van der Waals surface area contributed by atoms with Crippen molar-refractivity contribution in [2.24, 2.45) is 0 Å². The molecule has 0 aliphatic heterocycles. The summed E-state index contributed by atoms with van der Waals surface area (Å²) in [7, 11) is 0. The van der Waals surface area contributed by atoms with Crippen LogP contribution in [0, 0.1) is 18.3 Å². The molecule has 0 fully saturated rings. The summed E-state index contributed by atoms with van der Waals surface area (Å²) in [5, 5.41) is 10.2. The van der Waals surface area contributed by atoms with Crippen LogP contribution in [0.15, 0.2) is 24.3 Å². The molecule has 0 amide bonds. The molecule has 2 nitrogen and oxygen atoms in total. The third-order valence-electron chi connectivity index (χ3n) is 2.44. The highest BCUT2D eigenvalue weighted by molar-refractivity contribution is 6.35. The summed E-state index contributed by atoms with van der Waals surface area (Å²) in [5.74, 6) is 0. The Morgan fingerprint density at radius 2 is 1.67 bits per heavy atom. The number of halogens is 3. The van der Waals surface area contributed by atoms with Gasteiger partial charge in [-0.3, -0.25) is 0 Å². The van der Waals surface area contributed by atoms with Gasteiger partial charge in [-0.25, -0.2) is 4.98 Å². The van der Waals surface area contributed by atoms with Gasteiger partial charge in [0.25, 0.3) is 0 Å². The number of hydrogen-bond acceptors (Lipinski definition) is 2. The SMILES string of the molecule is Cc1cc(-c2cc(Cl)cc(Cl)c2)nc(Cl)c1C#N. The smallest absolute Gasteiger partial charge is 0.147 e. The molecular weight excluding hydrogens is 291 g/mol. The Kier molecular flexibility index (Phi) is 3.77. The van der Waals surface area contributed by atoms with E-state index in [4.69, 9.17) is 40.1 Å². The van der Waals surface area contributed by atoms with E-state index in [0.717, 1.165) is 11.1 Å². The summed E-state index contributed by atoms with van der Waals surface area (Å²) in [6.07, 6.45) is 0. The number of nitriles is 1. The van der Waals surface area contributed by atoms with Crippen LogP contribution in [0.4, 0.5) is 0 Å². The summed E-state index contributed by atoms with van der Waals surface area (Å²) in [6.45, 7) is 1.81. The topological polar surface area (TPSA) is 36.7 Å². The van der Waals surface area contributed by atoms with E-state index in [1.54, 1.807) is 24.3 Å². The van der Waals surface area contributed by atoms with Crippen LogP contribution in [0.3, 0.4) is 0 Å². The van der Waals surface area contributed by atoms with Crippen molar-refractivity contribution in [3.63, 3.8) is 0 Å². The summed E-state index contributed by atoms with van der Waals surface area (Å²) < 4.78 is 0. The normalized spacial score (nSPS) is 10.2. The fourth-order valence-electron chi connectivity index (χ4n) is 1.62. The molecule has 90 valence electrons. The van der Waals surface area contributed by atoms with Crippen molar-refractivity contribution in [1.29, 1.82) is 5.26 Å². The Balaban J connectivity index is 2.62. The average Bonchev–Trinajstić information content (AvgIpc) is 2.27. The van der Waals surface area contributed by atoms with Crippen molar-refractivity contribution in [2.75, 3.05) is 0 Å². The molecule has 0 spiro atoms. The maximum atomic E-state index is 8.93. The Hall–Kier alpha value is -1.27. The molecule has 0 saturated carbocycles. The maximum Gasteiger partial charge on any atom is 0.147 e. The van der Waals surface area contributed by atoms with Crippen LogP contribution in [0.5, 0.6) is 0 Å². The van der Waals surface area contributed by atoms with E-state index in [9.17, 15) is 0 Å². The molecule has 0 saturated heterocycles. The number of hydrogen-bond donors (Lipinski definition) is 0. The van der Waals surface area contributed by atoms with Gasteiger partial charge in [-0.05, 0) is 36.8 Å². The molecule has 2 rings (SSSR count). The number of benzene rings is 1. The highest BCUT2D eigenvalue weighted by Crippen LogP contribution is 2.29. The first-order chi connectivity index (χ1) is 8.51. The molecule has 0 unspecified atom stereocenters. The van der Waals surface area contributed by atoms with Gasteiger partial charge in [0, 0.05) is 15.6 Å². The van der Waals surface area contributed by atoms with E-state index in [2.05, 4.69) is 4.98 Å². The molecular formula is C13H7Cl3N2. The van der Waals surface area contributed by atoms with Gasteiger partial charge in [-0.15, -0.1) is 0 Å². The van der Waals surface area contributed by atoms with Gasteiger partial charge in [-0.2, -0.15) is 5.26 Å². The minimum absolute atomic E-state index is 0.184. The lowest BCUT2D eigenvalue weighted by atomic mass is 10.1. The second-order valence-electron chi connectivity index (χ2n) is 3.76. The number of nitrogens with zero attached hydrogens (tertiary/aromatic N) is 2. The second kappa shape index (κ2) is 5.16. The summed E-state index contributed by atoms with van der Waals surface area (Å²) in [4.78, 5) is 4.18. The first kappa shape index (κ1) is 13.2. The monoisotopic (exact) mass is 296 g/mol. The molecule has 5 heteroatoms. The molecule has 0 aliphatic rings. The fourth-order valence-corrected chi connectivity index (χ4v) is 2.43. The van der Waals surface area contributed by atoms with Gasteiger partial charge in [0.1, 0.15) is 11.2 Å². The molecule has 0 radical (unpaired) electrons. The Labute approximate surface area is 120 Å². The lowest BCUT2D eigenvalue weighted by Crippen LogP contribution is -1.92. The van der Waals surface area contributed by atoms with Gasteiger partial charge in [0.15, 0.2) is 0 Å². The molecule has 2 aromatic rings. The zero-order valence-electron chi connectivity index (χ0n) is 9.34. The van der Waals surface area contributed by atoms with E-state index in [1.807, 2.05) is 13.0 Å². The van der Waals surface area contributed by atoms with Crippen LogP contribution in [0.25, 0.3) is 11.3 Å². The zero-order valence-corrected chi connectivity index (χ0v) is 11.6. The largest absolute Gasteiger partial charge is 0.235 e. The standard InChI is InChI=1S/C13H7Cl3N2/c1-7-2-12(18-13(16)11(7)6-17)8-3-9(14)5-10(15)4-8/h2-5H,1H3. The van der Waals surface area contributed by atoms with Crippen molar-refractivity contribution in [2.45, 2.75) is 6.92 Å². The molecule has 1 aromatic heterocycles. The Morgan fingerprint density at radius 1 is 1.06 bits per heavy atom. The lowest BCUT2D eigenvalue weighted by Gasteiger charge is -2.06. The fraction of sp³-hybridized carbons (Fsp3) is 0.0769. The Bertz CT molecular complexity index is 617. The summed E-state index contributed by atoms with van der Waals surface area (Å²) in [5.41, 5.74) is 2.56. The van der Waals surface area contributed by atoms with Crippen LogP contribution in [-0.2, 0) is 0 Å². The number of pyridine rings is 1. The molecule has 1 aromatic carbocycles. The first-order valence-electron chi connectivity index (χ1n) is 5.05. The van der Waals surface area contributed by atoms with Crippen LogP contribution in [-0.4, -0.2) is 4.98 Å².